The molecule has 1 fully saturated rings. The molecule has 0 aromatic carbocycles. The van der Waals surface area contributed by atoms with E-state index in [1.54, 1.807) is 14.0 Å². The lowest BCUT2D eigenvalue weighted by Crippen LogP contribution is -2.61. The van der Waals surface area contributed by atoms with E-state index in [0.717, 1.165) is 6.42 Å². The van der Waals surface area contributed by atoms with Gasteiger partial charge in [-0.25, -0.2) is 9.59 Å². The summed E-state index contributed by atoms with van der Waals surface area (Å²) >= 11 is 0. The molecule has 3 amide bonds. The van der Waals surface area contributed by atoms with Gasteiger partial charge in [0.15, 0.2) is 0 Å². The molecular formula is C12H21N3O4. The molecule has 3 N–H and O–H groups in total. The molecule has 0 spiro atoms. The highest BCUT2D eigenvalue weighted by Crippen LogP contribution is 2.32. The van der Waals surface area contributed by atoms with E-state index >= 15 is 0 Å². The molecule has 0 radical (unpaired) electrons. The van der Waals surface area contributed by atoms with E-state index < -0.39 is 17.5 Å². The molecule has 0 heterocycles. The van der Waals surface area contributed by atoms with Crippen molar-refractivity contribution in [3.63, 3.8) is 0 Å². The first kappa shape index (κ1) is 15.3. The molecule has 1 unspecified atom stereocenters. The van der Waals surface area contributed by atoms with Crippen LogP contribution in [0, 0.1) is 5.92 Å². The Labute approximate surface area is 112 Å². The number of nitrogens with zero attached hydrogens (tertiary/aromatic N) is 1. The molecule has 0 aliphatic heterocycles. The molecule has 19 heavy (non-hydrogen) atoms. The van der Waals surface area contributed by atoms with Gasteiger partial charge in [-0.2, -0.15) is 0 Å². The minimum atomic E-state index is -1.12. The zero-order valence-electron chi connectivity index (χ0n) is 11.5. The van der Waals surface area contributed by atoms with Gasteiger partial charge in [0.1, 0.15) is 5.54 Å². The van der Waals surface area contributed by atoms with Crippen molar-refractivity contribution in [3.8, 4) is 0 Å². The third-order valence-electron chi connectivity index (χ3n) is 3.55. The fourth-order valence-corrected chi connectivity index (χ4v) is 2.05. The van der Waals surface area contributed by atoms with Gasteiger partial charge in [-0.1, -0.05) is 6.92 Å². The first-order valence-electron chi connectivity index (χ1n) is 6.30. The normalized spacial score (nSPS) is 17.8. The van der Waals surface area contributed by atoms with Crippen LogP contribution in [0.15, 0.2) is 0 Å². The fraction of sp³-hybridized carbons (Fsp3) is 0.750. The van der Waals surface area contributed by atoms with E-state index in [1.165, 1.54) is 11.9 Å². The SMILES string of the molecule is CNC(=O)C(C)CN(C)C(=O)NC1(C(=O)O)CCC1. The number of carboxylic acids is 1. The summed E-state index contributed by atoms with van der Waals surface area (Å²) in [4.78, 5) is 35.8. The van der Waals surface area contributed by atoms with Crippen LogP contribution in [0.3, 0.4) is 0 Å². The molecule has 7 heteroatoms. The first-order valence-corrected chi connectivity index (χ1v) is 6.30. The summed E-state index contributed by atoms with van der Waals surface area (Å²) in [6.45, 7) is 1.94. The molecule has 0 saturated heterocycles. The topological polar surface area (TPSA) is 98.7 Å². The Morgan fingerprint density at radius 2 is 1.95 bits per heavy atom. The number of nitrogens with one attached hydrogen (secondary N) is 2. The summed E-state index contributed by atoms with van der Waals surface area (Å²) < 4.78 is 0. The quantitative estimate of drug-likeness (QED) is 0.656. The van der Waals surface area contributed by atoms with Crippen LogP contribution >= 0.6 is 0 Å². The summed E-state index contributed by atoms with van der Waals surface area (Å²) in [7, 11) is 3.08. The van der Waals surface area contributed by atoms with Crippen LogP contribution < -0.4 is 10.6 Å². The van der Waals surface area contributed by atoms with Crippen LogP contribution in [0.4, 0.5) is 4.79 Å². The molecule has 1 aliphatic rings. The number of aliphatic carboxylic acids is 1. The standard InChI is InChI=1S/C12H21N3O4/c1-8(9(16)13-2)7-15(3)11(19)14-12(10(17)18)5-4-6-12/h8H,4-7H2,1-3H3,(H,13,16)(H,14,19)(H,17,18). The van der Waals surface area contributed by atoms with E-state index in [4.69, 9.17) is 5.11 Å². The number of hydrogen-bond donors (Lipinski definition) is 3. The van der Waals surface area contributed by atoms with Gasteiger partial charge >= 0.3 is 12.0 Å². The van der Waals surface area contributed by atoms with Crippen molar-refractivity contribution < 1.29 is 19.5 Å². The maximum atomic E-state index is 11.9. The van der Waals surface area contributed by atoms with E-state index in [-0.39, 0.29) is 18.4 Å². The van der Waals surface area contributed by atoms with Crippen molar-refractivity contribution in [1.82, 2.24) is 15.5 Å². The lowest BCUT2D eigenvalue weighted by molar-refractivity contribution is -0.148. The van der Waals surface area contributed by atoms with Crippen LogP contribution in [0.1, 0.15) is 26.2 Å². The third-order valence-corrected chi connectivity index (χ3v) is 3.55. The lowest BCUT2D eigenvalue weighted by atomic mass is 9.77. The van der Waals surface area contributed by atoms with Gasteiger partial charge in [-0.15, -0.1) is 0 Å². The van der Waals surface area contributed by atoms with Gasteiger partial charge in [0, 0.05) is 20.6 Å². The number of amides is 3. The molecule has 1 atom stereocenters. The average Bonchev–Trinajstić information content (AvgIpc) is 2.31. The molecule has 108 valence electrons. The van der Waals surface area contributed by atoms with Crippen LogP contribution in [0.5, 0.6) is 0 Å². The van der Waals surface area contributed by atoms with E-state index in [2.05, 4.69) is 10.6 Å². The highest BCUT2D eigenvalue weighted by atomic mass is 16.4. The highest BCUT2D eigenvalue weighted by molar-refractivity contribution is 5.87. The molecule has 0 aromatic rings. The monoisotopic (exact) mass is 271 g/mol. The van der Waals surface area contributed by atoms with E-state index in [1.807, 2.05) is 0 Å². The van der Waals surface area contributed by atoms with Crippen LogP contribution in [-0.2, 0) is 9.59 Å². The van der Waals surface area contributed by atoms with Crippen molar-refractivity contribution >= 4 is 17.9 Å². The van der Waals surface area contributed by atoms with Gasteiger partial charge in [-0.3, -0.25) is 4.79 Å². The fourth-order valence-electron chi connectivity index (χ4n) is 2.05. The smallest absolute Gasteiger partial charge is 0.329 e. The molecule has 7 nitrogen and oxygen atoms in total. The Bertz CT molecular complexity index is 379. The predicted octanol–water partition coefficient (Wildman–Crippen LogP) is 0.0172. The van der Waals surface area contributed by atoms with Gasteiger partial charge < -0.3 is 20.6 Å². The summed E-state index contributed by atoms with van der Waals surface area (Å²) in [6, 6.07) is -0.460. The van der Waals surface area contributed by atoms with Crippen LogP contribution in [-0.4, -0.2) is 54.1 Å². The zero-order chi connectivity index (χ0) is 14.6. The summed E-state index contributed by atoms with van der Waals surface area (Å²) in [5, 5.41) is 14.2. The molecular weight excluding hydrogens is 250 g/mol. The molecule has 1 saturated carbocycles. The second-order valence-electron chi connectivity index (χ2n) is 5.07. The highest BCUT2D eigenvalue weighted by Gasteiger charge is 2.46. The summed E-state index contributed by atoms with van der Waals surface area (Å²) in [6.07, 6.45) is 1.70. The Kier molecular flexibility index (Phi) is 4.74. The minimum Gasteiger partial charge on any atom is -0.480 e. The Balaban J connectivity index is 2.53. The zero-order valence-corrected chi connectivity index (χ0v) is 11.5. The van der Waals surface area contributed by atoms with Gasteiger partial charge in [0.25, 0.3) is 0 Å². The van der Waals surface area contributed by atoms with Crippen LogP contribution in [0.2, 0.25) is 0 Å². The second-order valence-corrected chi connectivity index (χ2v) is 5.07. The Morgan fingerprint density at radius 3 is 2.32 bits per heavy atom. The van der Waals surface area contributed by atoms with Crippen molar-refractivity contribution in [2.24, 2.45) is 5.92 Å². The van der Waals surface area contributed by atoms with Crippen molar-refractivity contribution in [3.05, 3.63) is 0 Å². The maximum absolute atomic E-state index is 11.9. The molecule has 0 aromatic heterocycles. The number of carboxylic acid groups (broad SMARTS) is 1. The number of carbonyl (C=O) groups is 3. The van der Waals surface area contributed by atoms with Crippen molar-refractivity contribution in [1.29, 1.82) is 0 Å². The lowest BCUT2D eigenvalue weighted by Gasteiger charge is -2.39. The average molecular weight is 271 g/mol. The summed E-state index contributed by atoms with van der Waals surface area (Å²) in [5.41, 5.74) is -1.12. The molecule has 0 bridgehead atoms. The predicted molar refractivity (Wildman–Crippen MR) is 68.6 cm³/mol. The molecule has 1 rings (SSSR count). The summed E-state index contributed by atoms with van der Waals surface area (Å²) in [5.74, 6) is -1.50. The third kappa shape index (κ3) is 3.36. The van der Waals surface area contributed by atoms with Gasteiger partial charge in [0.2, 0.25) is 5.91 Å². The second kappa shape index (κ2) is 5.90. The molecule has 1 aliphatic carbocycles. The number of urea groups is 1. The van der Waals surface area contributed by atoms with Crippen LogP contribution in [0.25, 0.3) is 0 Å². The van der Waals surface area contributed by atoms with Crippen molar-refractivity contribution in [2.75, 3.05) is 20.6 Å². The largest absolute Gasteiger partial charge is 0.480 e. The first-order chi connectivity index (χ1) is 8.82. The number of carbonyl (C=O) groups excluding carboxylic acids is 2. The number of hydrogen-bond acceptors (Lipinski definition) is 3. The Hall–Kier alpha value is -1.79. The van der Waals surface area contributed by atoms with E-state index in [9.17, 15) is 14.4 Å². The van der Waals surface area contributed by atoms with Gasteiger partial charge in [0.05, 0.1) is 5.92 Å². The van der Waals surface area contributed by atoms with Crippen molar-refractivity contribution in [2.45, 2.75) is 31.7 Å². The van der Waals surface area contributed by atoms with Gasteiger partial charge in [-0.05, 0) is 19.3 Å². The minimum absolute atomic E-state index is 0.156. The number of rotatable bonds is 5. The van der Waals surface area contributed by atoms with E-state index in [0.29, 0.717) is 12.8 Å². The Morgan fingerprint density at radius 1 is 1.37 bits per heavy atom. The maximum Gasteiger partial charge on any atom is 0.329 e.